The number of para-hydroxylation sites is 2. The Labute approximate surface area is 265 Å². The molecule has 0 N–H and O–H groups in total. The summed E-state index contributed by atoms with van der Waals surface area (Å²) in [5.74, 6) is 0.806. The molecule has 0 radical (unpaired) electrons. The second-order valence-electron chi connectivity index (χ2n) is 11.5. The smallest absolute Gasteiger partial charge is 0.297 e. The van der Waals surface area contributed by atoms with Crippen LogP contribution in [0.15, 0.2) is 121 Å². The number of hydrogen-bond donors (Lipinski definition) is 0. The maximum Gasteiger partial charge on any atom is 0.411 e. The Balaban J connectivity index is 1.48. The number of benzene rings is 5. The van der Waals surface area contributed by atoms with Gasteiger partial charge in [0.25, 0.3) is 0 Å². The Morgan fingerprint density at radius 3 is 1.49 bits per heavy atom. The molecule has 2 aromatic heterocycles. The topological polar surface area (TPSA) is 35.6 Å². The molecular formula is C37H26F6N4. The fraction of sp³-hybridized carbons (Fsp3) is 0.135. The molecule has 0 saturated carbocycles. The highest BCUT2D eigenvalue weighted by Gasteiger charge is 2.72. The van der Waals surface area contributed by atoms with Crippen molar-refractivity contribution in [3.05, 3.63) is 144 Å². The van der Waals surface area contributed by atoms with Crippen molar-refractivity contribution in [3.63, 3.8) is 0 Å². The van der Waals surface area contributed by atoms with E-state index in [1.165, 1.54) is 12.1 Å². The number of rotatable bonds is 5. The highest BCUT2D eigenvalue weighted by Crippen LogP contribution is 2.57. The van der Waals surface area contributed by atoms with Gasteiger partial charge in [-0.2, -0.15) is 26.3 Å². The minimum Gasteiger partial charge on any atom is -0.297 e. The number of aryl methyl sites for hydroxylation is 2. The van der Waals surface area contributed by atoms with Crippen LogP contribution in [0.25, 0.3) is 44.8 Å². The van der Waals surface area contributed by atoms with Crippen molar-refractivity contribution in [1.82, 2.24) is 19.1 Å². The zero-order valence-corrected chi connectivity index (χ0v) is 25.1. The standard InChI is InChI=1S/C37H26F6N4/c1-23-13-15-25(16-14-23)34-45-31-22-27(18-20-33(31)47(34)29-11-7-4-8-12-29)35(36(38,39)40,37(41,42)43)26-17-19-32-30(21-26)44-24(2)46(32)28-9-5-3-6-10-28/h3-22H,1-2H3. The molecular weight excluding hydrogens is 614 g/mol. The zero-order chi connectivity index (χ0) is 33.1. The van der Waals surface area contributed by atoms with E-state index in [-0.39, 0.29) is 11.0 Å². The summed E-state index contributed by atoms with van der Waals surface area (Å²) in [4.78, 5) is 9.00. The minimum absolute atomic E-state index is 0.00918. The summed E-state index contributed by atoms with van der Waals surface area (Å²) >= 11 is 0. The van der Waals surface area contributed by atoms with E-state index in [4.69, 9.17) is 0 Å². The van der Waals surface area contributed by atoms with Crippen LogP contribution in [-0.4, -0.2) is 31.5 Å². The Hall–Kier alpha value is -5.38. The van der Waals surface area contributed by atoms with Crippen LogP contribution in [0, 0.1) is 13.8 Å². The highest BCUT2D eigenvalue weighted by molar-refractivity contribution is 5.85. The van der Waals surface area contributed by atoms with E-state index >= 15 is 26.3 Å². The van der Waals surface area contributed by atoms with Gasteiger partial charge in [0.2, 0.25) is 5.41 Å². The van der Waals surface area contributed by atoms with Gasteiger partial charge in [-0.3, -0.25) is 9.13 Å². The number of imidazole rings is 2. The molecule has 2 heterocycles. The van der Waals surface area contributed by atoms with Gasteiger partial charge in [0, 0.05) is 16.9 Å². The van der Waals surface area contributed by atoms with E-state index < -0.39 is 28.9 Å². The predicted molar refractivity (Wildman–Crippen MR) is 170 cm³/mol. The summed E-state index contributed by atoms with van der Waals surface area (Å²) in [7, 11) is 0. The second kappa shape index (κ2) is 10.9. The average Bonchev–Trinajstić information content (AvgIpc) is 3.57. The lowest BCUT2D eigenvalue weighted by Crippen LogP contribution is -2.54. The Bertz CT molecular complexity index is 2220. The molecule has 0 spiro atoms. The van der Waals surface area contributed by atoms with Crippen molar-refractivity contribution in [2.45, 2.75) is 31.6 Å². The molecule has 0 saturated heterocycles. The van der Waals surface area contributed by atoms with Gasteiger partial charge < -0.3 is 0 Å². The largest absolute Gasteiger partial charge is 0.411 e. The molecule has 0 unspecified atom stereocenters. The van der Waals surface area contributed by atoms with Crippen LogP contribution < -0.4 is 0 Å². The van der Waals surface area contributed by atoms with Gasteiger partial charge in [-0.1, -0.05) is 78.4 Å². The third kappa shape index (κ3) is 4.78. The summed E-state index contributed by atoms with van der Waals surface area (Å²) in [6, 6.07) is 31.5. The van der Waals surface area contributed by atoms with Gasteiger partial charge in [0.05, 0.1) is 22.1 Å². The molecule has 0 atom stereocenters. The predicted octanol–water partition coefficient (Wildman–Crippen LogP) is 10.1. The molecule has 0 amide bonds. The second-order valence-corrected chi connectivity index (χ2v) is 11.5. The number of fused-ring (bicyclic) bond motifs is 2. The van der Waals surface area contributed by atoms with E-state index in [0.717, 1.165) is 29.8 Å². The maximum atomic E-state index is 15.3. The van der Waals surface area contributed by atoms with Crippen molar-refractivity contribution >= 4 is 22.1 Å². The number of alkyl halides is 6. The first kappa shape index (κ1) is 30.3. The zero-order valence-electron chi connectivity index (χ0n) is 25.1. The van der Waals surface area contributed by atoms with Crippen LogP contribution in [0.5, 0.6) is 0 Å². The van der Waals surface area contributed by atoms with E-state index in [9.17, 15) is 0 Å². The molecule has 10 heteroatoms. The Morgan fingerprint density at radius 2 is 0.979 bits per heavy atom. The van der Waals surface area contributed by atoms with E-state index in [2.05, 4.69) is 9.97 Å². The summed E-state index contributed by atoms with van der Waals surface area (Å²) < 4.78 is 95.1. The first-order valence-electron chi connectivity index (χ1n) is 14.7. The van der Waals surface area contributed by atoms with Crippen LogP contribution in [0.3, 0.4) is 0 Å². The molecule has 236 valence electrons. The number of nitrogens with zero attached hydrogens (tertiary/aromatic N) is 4. The molecule has 0 bridgehead atoms. The molecule has 0 fully saturated rings. The summed E-state index contributed by atoms with van der Waals surface area (Å²) in [6.45, 7) is 3.56. The first-order valence-corrected chi connectivity index (χ1v) is 14.7. The third-order valence-corrected chi connectivity index (χ3v) is 8.53. The summed E-state index contributed by atoms with van der Waals surface area (Å²) in [5, 5.41) is 0. The normalized spacial score (nSPS) is 12.7. The number of halogens is 6. The van der Waals surface area contributed by atoms with E-state index in [1.807, 2.05) is 37.3 Å². The Morgan fingerprint density at radius 1 is 0.511 bits per heavy atom. The molecule has 7 aromatic rings. The van der Waals surface area contributed by atoms with Crippen molar-refractivity contribution < 1.29 is 26.3 Å². The fourth-order valence-corrected chi connectivity index (χ4v) is 6.37. The lowest BCUT2D eigenvalue weighted by atomic mass is 9.72. The quantitative estimate of drug-likeness (QED) is 0.176. The van der Waals surface area contributed by atoms with Crippen LogP contribution in [0.2, 0.25) is 0 Å². The third-order valence-electron chi connectivity index (χ3n) is 8.53. The van der Waals surface area contributed by atoms with Crippen LogP contribution in [0.4, 0.5) is 26.3 Å². The van der Waals surface area contributed by atoms with Gasteiger partial charge in [-0.25, -0.2) is 9.97 Å². The van der Waals surface area contributed by atoms with Gasteiger partial charge in [-0.15, -0.1) is 0 Å². The maximum absolute atomic E-state index is 15.3. The molecule has 4 nitrogen and oxygen atoms in total. The van der Waals surface area contributed by atoms with Crippen molar-refractivity contribution in [2.75, 3.05) is 0 Å². The van der Waals surface area contributed by atoms with Gasteiger partial charge >= 0.3 is 12.4 Å². The monoisotopic (exact) mass is 640 g/mol. The van der Waals surface area contributed by atoms with Crippen molar-refractivity contribution in [3.8, 4) is 22.8 Å². The van der Waals surface area contributed by atoms with Gasteiger partial charge in [0.1, 0.15) is 11.6 Å². The van der Waals surface area contributed by atoms with Crippen LogP contribution in [0.1, 0.15) is 22.5 Å². The van der Waals surface area contributed by atoms with Crippen molar-refractivity contribution in [2.24, 2.45) is 0 Å². The molecule has 5 aromatic carbocycles. The minimum atomic E-state index is -5.77. The molecule has 0 aliphatic carbocycles. The lowest BCUT2D eigenvalue weighted by molar-refractivity contribution is -0.288. The van der Waals surface area contributed by atoms with Gasteiger partial charge in [0.15, 0.2) is 0 Å². The fourth-order valence-electron chi connectivity index (χ4n) is 6.37. The molecule has 47 heavy (non-hydrogen) atoms. The van der Waals surface area contributed by atoms with E-state index in [1.54, 1.807) is 70.7 Å². The molecule has 7 rings (SSSR count). The van der Waals surface area contributed by atoms with Crippen molar-refractivity contribution in [1.29, 1.82) is 0 Å². The number of hydrogen-bond acceptors (Lipinski definition) is 2. The summed E-state index contributed by atoms with van der Waals surface area (Å²) in [6.07, 6.45) is -11.5. The lowest BCUT2D eigenvalue weighted by Gasteiger charge is -2.38. The SMILES string of the molecule is Cc1ccc(-c2nc3cc(C(c4ccc5c(c4)nc(C)n5-c4ccccc4)(C(F)(F)F)C(F)(F)F)ccc3n2-c2ccccc2)cc1. The molecule has 0 aliphatic heterocycles. The van der Waals surface area contributed by atoms with Gasteiger partial charge in [-0.05, 0) is 73.5 Å². The number of aromatic nitrogens is 4. The summed E-state index contributed by atoms with van der Waals surface area (Å²) in [5.41, 5.74) is -2.61. The molecule has 0 aliphatic rings. The average molecular weight is 641 g/mol. The van der Waals surface area contributed by atoms with Crippen LogP contribution in [-0.2, 0) is 5.41 Å². The van der Waals surface area contributed by atoms with Crippen LogP contribution >= 0.6 is 0 Å². The highest BCUT2D eigenvalue weighted by atomic mass is 19.4. The Kier molecular flexibility index (Phi) is 7.00. The van der Waals surface area contributed by atoms with E-state index in [0.29, 0.717) is 39.6 Å². The first-order chi connectivity index (χ1) is 22.4.